The van der Waals surface area contributed by atoms with Crippen LogP contribution in [-0.2, 0) is 13.0 Å². The van der Waals surface area contributed by atoms with Gasteiger partial charge >= 0.3 is 0 Å². The molecule has 152 valence electrons. The summed E-state index contributed by atoms with van der Waals surface area (Å²) in [5.41, 5.74) is 2.58. The number of carbonyl (C=O) groups is 1. The number of benzene rings is 1. The van der Waals surface area contributed by atoms with Gasteiger partial charge in [-0.05, 0) is 44.0 Å². The Kier molecular flexibility index (Phi) is 6.25. The maximum Gasteiger partial charge on any atom is 0.255 e. The Labute approximate surface area is 172 Å². The predicted octanol–water partition coefficient (Wildman–Crippen LogP) is 4.56. The van der Waals surface area contributed by atoms with Crippen LogP contribution in [0.25, 0.3) is 11.0 Å². The van der Waals surface area contributed by atoms with Crippen molar-refractivity contribution in [1.82, 2.24) is 15.2 Å². The molecule has 1 unspecified atom stereocenters. The highest BCUT2D eigenvalue weighted by Gasteiger charge is 2.26. The van der Waals surface area contributed by atoms with Crippen molar-refractivity contribution < 1.29 is 9.21 Å². The van der Waals surface area contributed by atoms with Gasteiger partial charge in [0.1, 0.15) is 11.3 Å². The zero-order valence-electron chi connectivity index (χ0n) is 17.1. The molecular weight excluding hydrogens is 362 g/mol. The van der Waals surface area contributed by atoms with Crippen LogP contribution in [0.2, 0.25) is 0 Å². The SMILES string of the molecule is CCCCc1oc2ccccc2c1C(=O)NCC1CCCN1Cc1ccccn1. The topological polar surface area (TPSA) is 58.4 Å². The number of para-hydroxylation sites is 1. The minimum absolute atomic E-state index is 0.0225. The van der Waals surface area contributed by atoms with E-state index in [2.05, 4.69) is 28.2 Å². The minimum atomic E-state index is -0.0225. The summed E-state index contributed by atoms with van der Waals surface area (Å²) in [6.07, 6.45) is 6.97. The van der Waals surface area contributed by atoms with E-state index >= 15 is 0 Å². The fourth-order valence-corrected chi connectivity index (χ4v) is 4.19. The number of fused-ring (bicyclic) bond motifs is 1. The lowest BCUT2D eigenvalue weighted by atomic mass is 10.1. The molecule has 0 saturated carbocycles. The van der Waals surface area contributed by atoms with Crippen LogP contribution < -0.4 is 5.32 Å². The van der Waals surface area contributed by atoms with Gasteiger partial charge in [0, 0.05) is 37.1 Å². The number of amides is 1. The van der Waals surface area contributed by atoms with Crippen molar-refractivity contribution in [2.45, 2.75) is 51.6 Å². The number of hydrogen-bond acceptors (Lipinski definition) is 4. The third kappa shape index (κ3) is 4.51. The molecular formula is C24H29N3O2. The van der Waals surface area contributed by atoms with Gasteiger partial charge in [-0.25, -0.2) is 0 Å². The first-order chi connectivity index (χ1) is 14.3. The van der Waals surface area contributed by atoms with Crippen molar-refractivity contribution in [3.8, 4) is 0 Å². The lowest BCUT2D eigenvalue weighted by Crippen LogP contribution is -2.40. The summed E-state index contributed by atoms with van der Waals surface area (Å²) in [7, 11) is 0. The second-order valence-corrected chi connectivity index (χ2v) is 7.80. The molecule has 1 atom stereocenters. The van der Waals surface area contributed by atoms with E-state index in [9.17, 15) is 4.79 Å². The van der Waals surface area contributed by atoms with Crippen molar-refractivity contribution in [2.24, 2.45) is 0 Å². The number of hydrogen-bond donors (Lipinski definition) is 1. The molecule has 4 rings (SSSR count). The Hall–Kier alpha value is -2.66. The summed E-state index contributed by atoms with van der Waals surface area (Å²) < 4.78 is 6.01. The van der Waals surface area contributed by atoms with Crippen LogP contribution in [0.4, 0.5) is 0 Å². The van der Waals surface area contributed by atoms with Gasteiger partial charge in [-0.3, -0.25) is 14.7 Å². The van der Waals surface area contributed by atoms with E-state index in [1.807, 2.05) is 42.6 Å². The van der Waals surface area contributed by atoms with E-state index in [-0.39, 0.29) is 5.91 Å². The molecule has 3 aromatic rings. The van der Waals surface area contributed by atoms with Crippen LogP contribution in [0, 0.1) is 0 Å². The highest BCUT2D eigenvalue weighted by Crippen LogP contribution is 2.27. The van der Waals surface area contributed by atoms with Gasteiger partial charge in [-0.1, -0.05) is 37.6 Å². The summed E-state index contributed by atoms with van der Waals surface area (Å²) in [6, 6.07) is 14.2. The van der Waals surface area contributed by atoms with Crippen LogP contribution in [0.5, 0.6) is 0 Å². The first-order valence-electron chi connectivity index (χ1n) is 10.7. The standard InChI is InChI=1S/C24H29N3O2/c1-2-3-12-22-23(20-11-4-5-13-21(20)29-22)24(28)26-16-19-10-8-15-27(19)17-18-9-6-7-14-25-18/h4-7,9,11,13-14,19H,2-3,8,10,12,15-17H2,1H3,(H,26,28). The fourth-order valence-electron chi connectivity index (χ4n) is 4.19. The highest BCUT2D eigenvalue weighted by atomic mass is 16.3. The summed E-state index contributed by atoms with van der Waals surface area (Å²) in [5.74, 6) is 0.785. The zero-order chi connectivity index (χ0) is 20.1. The van der Waals surface area contributed by atoms with E-state index in [1.165, 1.54) is 0 Å². The average molecular weight is 392 g/mol. The van der Waals surface area contributed by atoms with Crippen LogP contribution in [0.3, 0.4) is 0 Å². The number of furan rings is 1. The van der Waals surface area contributed by atoms with Crippen molar-refractivity contribution >= 4 is 16.9 Å². The summed E-state index contributed by atoms with van der Waals surface area (Å²) in [6.45, 7) is 4.68. The molecule has 0 radical (unpaired) electrons. The normalized spacial score (nSPS) is 17.1. The molecule has 3 heterocycles. The van der Waals surface area contributed by atoms with Crippen LogP contribution in [0.15, 0.2) is 53.1 Å². The minimum Gasteiger partial charge on any atom is -0.460 e. The number of nitrogens with one attached hydrogen (secondary N) is 1. The summed E-state index contributed by atoms with van der Waals surface area (Å²) in [5, 5.41) is 4.10. The zero-order valence-corrected chi connectivity index (χ0v) is 17.1. The Bertz CT molecular complexity index is 951. The van der Waals surface area contributed by atoms with Gasteiger partial charge in [0.05, 0.1) is 11.3 Å². The Balaban J connectivity index is 1.45. The summed E-state index contributed by atoms with van der Waals surface area (Å²) in [4.78, 5) is 20.0. The molecule has 1 aromatic carbocycles. The lowest BCUT2D eigenvalue weighted by molar-refractivity contribution is 0.0939. The second-order valence-electron chi connectivity index (χ2n) is 7.80. The van der Waals surface area contributed by atoms with Crippen molar-refractivity contribution in [2.75, 3.05) is 13.1 Å². The molecule has 1 saturated heterocycles. The van der Waals surface area contributed by atoms with E-state index < -0.39 is 0 Å². The van der Waals surface area contributed by atoms with Gasteiger partial charge in [0.25, 0.3) is 5.91 Å². The molecule has 5 nitrogen and oxygen atoms in total. The Morgan fingerprint density at radius 2 is 2.10 bits per heavy atom. The van der Waals surface area contributed by atoms with Crippen molar-refractivity contribution in [1.29, 1.82) is 0 Å². The van der Waals surface area contributed by atoms with E-state index in [0.29, 0.717) is 18.2 Å². The molecule has 0 bridgehead atoms. The molecule has 1 N–H and O–H groups in total. The molecule has 0 aliphatic carbocycles. The van der Waals surface area contributed by atoms with Crippen LogP contribution >= 0.6 is 0 Å². The quantitative estimate of drug-likeness (QED) is 0.611. The first kappa shape index (κ1) is 19.6. The fraction of sp³-hybridized carbons (Fsp3) is 0.417. The van der Waals surface area contributed by atoms with E-state index in [1.54, 1.807) is 0 Å². The third-order valence-corrected chi connectivity index (χ3v) is 5.74. The van der Waals surface area contributed by atoms with Gasteiger partial charge < -0.3 is 9.73 Å². The number of unbranched alkanes of at least 4 members (excludes halogenated alkanes) is 1. The maximum atomic E-state index is 13.1. The maximum absolute atomic E-state index is 13.1. The largest absolute Gasteiger partial charge is 0.460 e. The molecule has 29 heavy (non-hydrogen) atoms. The van der Waals surface area contributed by atoms with Crippen LogP contribution in [-0.4, -0.2) is 34.9 Å². The molecule has 1 amide bonds. The molecule has 1 fully saturated rings. The number of rotatable bonds is 8. The number of carbonyl (C=O) groups excluding carboxylic acids is 1. The number of pyridine rings is 1. The average Bonchev–Trinajstić information content (AvgIpc) is 3.35. The molecule has 0 spiro atoms. The smallest absolute Gasteiger partial charge is 0.255 e. The lowest BCUT2D eigenvalue weighted by Gasteiger charge is -2.24. The first-order valence-corrected chi connectivity index (χ1v) is 10.7. The molecule has 2 aromatic heterocycles. The van der Waals surface area contributed by atoms with Crippen molar-refractivity contribution in [3.63, 3.8) is 0 Å². The number of nitrogens with zero attached hydrogens (tertiary/aromatic N) is 2. The monoisotopic (exact) mass is 391 g/mol. The molecule has 1 aliphatic heterocycles. The predicted molar refractivity (Wildman–Crippen MR) is 115 cm³/mol. The second kappa shape index (κ2) is 9.23. The van der Waals surface area contributed by atoms with Gasteiger partial charge in [0.15, 0.2) is 0 Å². The van der Waals surface area contributed by atoms with Crippen LogP contribution in [0.1, 0.15) is 54.4 Å². The number of aromatic nitrogens is 1. The third-order valence-electron chi connectivity index (χ3n) is 5.74. The summed E-state index contributed by atoms with van der Waals surface area (Å²) >= 11 is 0. The number of likely N-dealkylation sites (tertiary alicyclic amines) is 1. The van der Waals surface area contributed by atoms with Gasteiger partial charge in [0.2, 0.25) is 0 Å². The Morgan fingerprint density at radius 1 is 1.24 bits per heavy atom. The van der Waals surface area contributed by atoms with E-state index in [0.717, 1.165) is 67.6 Å². The highest BCUT2D eigenvalue weighted by molar-refractivity contribution is 6.07. The van der Waals surface area contributed by atoms with Crippen molar-refractivity contribution in [3.05, 3.63) is 65.7 Å². The Morgan fingerprint density at radius 3 is 2.93 bits per heavy atom. The molecule has 5 heteroatoms. The van der Waals surface area contributed by atoms with Gasteiger partial charge in [-0.15, -0.1) is 0 Å². The molecule has 1 aliphatic rings. The van der Waals surface area contributed by atoms with E-state index in [4.69, 9.17) is 4.42 Å². The van der Waals surface area contributed by atoms with Gasteiger partial charge in [-0.2, -0.15) is 0 Å². The number of aryl methyl sites for hydroxylation is 1.